The number of rotatable bonds is 9. The van der Waals surface area contributed by atoms with E-state index in [2.05, 4.69) is 10.6 Å². The maximum absolute atomic E-state index is 12.5. The molecule has 0 fully saturated rings. The fraction of sp³-hybridized carbons (Fsp3) is 0.200. The smallest absolute Gasteiger partial charge is 0.239 e. The number of nitrogens with one attached hydrogen (secondary N) is 2. The summed E-state index contributed by atoms with van der Waals surface area (Å²) in [6.45, 7) is 0.541. The van der Waals surface area contributed by atoms with Gasteiger partial charge in [0.2, 0.25) is 11.8 Å². The minimum atomic E-state index is -0.176. The average molecular weight is 386 g/mol. The van der Waals surface area contributed by atoms with Crippen LogP contribution in [0.2, 0.25) is 0 Å². The molecule has 0 heterocycles. The number of hydrogen-bond acceptors (Lipinski definition) is 2. The normalized spacial score (nSPS) is 10.5. The van der Waals surface area contributed by atoms with Gasteiger partial charge in [0.05, 0.1) is 6.54 Å². The molecule has 3 aromatic carbocycles. The first kappa shape index (κ1) is 20.3. The molecule has 2 N–H and O–H groups in total. The highest BCUT2D eigenvalue weighted by atomic mass is 16.2. The van der Waals surface area contributed by atoms with Gasteiger partial charge in [-0.15, -0.1) is 0 Å². The molecule has 0 aromatic heterocycles. The Kier molecular flexibility index (Phi) is 7.58. The first-order valence-corrected chi connectivity index (χ1v) is 9.89. The molecule has 0 aliphatic rings. The van der Waals surface area contributed by atoms with Gasteiger partial charge < -0.3 is 10.6 Å². The molecular formula is C25H26N2O2. The number of hydrogen-bond donors (Lipinski definition) is 2. The van der Waals surface area contributed by atoms with Crippen LogP contribution in [-0.2, 0) is 16.0 Å². The Hall–Kier alpha value is -3.40. The highest BCUT2D eigenvalue weighted by molar-refractivity contribution is 5.85. The molecule has 0 atom stereocenters. The maximum Gasteiger partial charge on any atom is 0.239 e. The lowest BCUT2D eigenvalue weighted by Crippen LogP contribution is -2.38. The predicted octanol–water partition coefficient (Wildman–Crippen LogP) is 3.68. The van der Waals surface area contributed by atoms with Gasteiger partial charge >= 0.3 is 0 Å². The van der Waals surface area contributed by atoms with Crippen LogP contribution >= 0.6 is 0 Å². The molecular weight excluding hydrogens is 360 g/mol. The van der Waals surface area contributed by atoms with Gasteiger partial charge in [-0.25, -0.2) is 0 Å². The molecule has 148 valence electrons. The van der Waals surface area contributed by atoms with Crippen molar-refractivity contribution < 1.29 is 9.59 Å². The van der Waals surface area contributed by atoms with Gasteiger partial charge in [0.25, 0.3) is 0 Å². The Morgan fingerprint density at radius 2 is 1.17 bits per heavy atom. The van der Waals surface area contributed by atoms with Crippen molar-refractivity contribution in [1.82, 2.24) is 10.6 Å². The molecule has 2 amide bonds. The third-order valence-electron chi connectivity index (χ3n) is 4.82. The van der Waals surface area contributed by atoms with Crippen LogP contribution < -0.4 is 10.6 Å². The summed E-state index contributed by atoms with van der Waals surface area (Å²) >= 11 is 0. The number of amides is 2. The standard InChI is InChI=1S/C25H26N2O2/c28-24(27-19-25(29)26-17-16-20-10-4-1-5-11-20)18-23(21-12-6-2-7-13-21)22-14-8-3-9-15-22/h1-15,23H,16-19H2,(H,26,29)(H,27,28). The van der Waals surface area contributed by atoms with Crippen molar-refractivity contribution in [2.24, 2.45) is 0 Å². The van der Waals surface area contributed by atoms with Crippen LogP contribution in [0.25, 0.3) is 0 Å². The van der Waals surface area contributed by atoms with Crippen LogP contribution in [0.1, 0.15) is 29.0 Å². The third-order valence-corrected chi connectivity index (χ3v) is 4.82. The van der Waals surface area contributed by atoms with Crippen molar-refractivity contribution in [2.45, 2.75) is 18.8 Å². The van der Waals surface area contributed by atoms with E-state index in [-0.39, 0.29) is 24.3 Å². The van der Waals surface area contributed by atoms with E-state index in [4.69, 9.17) is 0 Å². The fourth-order valence-electron chi connectivity index (χ4n) is 3.29. The van der Waals surface area contributed by atoms with Crippen molar-refractivity contribution in [3.8, 4) is 0 Å². The molecule has 0 spiro atoms. The molecule has 0 radical (unpaired) electrons. The summed E-state index contributed by atoms with van der Waals surface area (Å²) in [5.74, 6) is -0.357. The minimum Gasteiger partial charge on any atom is -0.354 e. The van der Waals surface area contributed by atoms with Gasteiger partial charge in [-0.1, -0.05) is 91.0 Å². The zero-order valence-corrected chi connectivity index (χ0v) is 16.4. The van der Waals surface area contributed by atoms with Crippen LogP contribution in [0.15, 0.2) is 91.0 Å². The summed E-state index contributed by atoms with van der Waals surface area (Å²) in [6.07, 6.45) is 1.07. The van der Waals surface area contributed by atoms with E-state index in [1.807, 2.05) is 91.0 Å². The minimum absolute atomic E-state index is 0.01000. The Bertz CT molecular complexity index is 856. The van der Waals surface area contributed by atoms with Crippen molar-refractivity contribution in [2.75, 3.05) is 13.1 Å². The molecule has 0 saturated heterocycles. The second-order valence-corrected chi connectivity index (χ2v) is 6.94. The van der Waals surface area contributed by atoms with E-state index in [0.29, 0.717) is 13.0 Å². The fourth-order valence-corrected chi connectivity index (χ4v) is 3.29. The summed E-state index contributed by atoms with van der Waals surface area (Å²) in [5, 5.41) is 5.60. The summed E-state index contributed by atoms with van der Waals surface area (Å²) in [4.78, 5) is 24.5. The first-order valence-electron chi connectivity index (χ1n) is 9.89. The molecule has 0 aliphatic heterocycles. The number of benzene rings is 3. The van der Waals surface area contributed by atoms with Crippen LogP contribution in [-0.4, -0.2) is 24.9 Å². The van der Waals surface area contributed by atoms with Gasteiger partial charge in [0, 0.05) is 18.9 Å². The predicted molar refractivity (Wildman–Crippen MR) is 116 cm³/mol. The summed E-state index contributed by atoms with van der Waals surface area (Å²) in [7, 11) is 0. The van der Waals surface area contributed by atoms with Crippen molar-refractivity contribution in [1.29, 1.82) is 0 Å². The zero-order valence-electron chi connectivity index (χ0n) is 16.4. The molecule has 0 aliphatic carbocycles. The van der Waals surface area contributed by atoms with Gasteiger partial charge in [-0.3, -0.25) is 9.59 Å². The maximum atomic E-state index is 12.5. The lowest BCUT2D eigenvalue weighted by molar-refractivity contribution is -0.126. The Labute approximate surface area is 172 Å². The highest BCUT2D eigenvalue weighted by Crippen LogP contribution is 2.27. The average Bonchev–Trinajstić information content (AvgIpc) is 2.78. The van der Waals surface area contributed by atoms with Gasteiger partial charge in [0.1, 0.15) is 0 Å². The molecule has 4 nitrogen and oxygen atoms in total. The van der Waals surface area contributed by atoms with E-state index < -0.39 is 0 Å². The molecule has 0 bridgehead atoms. The van der Waals surface area contributed by atoms with E-state index in [0.717, 1.165) is 17.5 Å². The Balaban J connectivity index is 1.49. The van der Waals surface area contributed by atoms with Crippen LogP contribution in [0.3, 0.4) is 0 Å². The van der Waals surface area contributed by atoms with Crippen molar-refractivity contribution in [3.05, 3.63) is 108 Å². The number of carbonyl (C=O) groups is 2. The van der Waals surface area contributed by atoms with Gasteiger partial charge in [-0.2, -0.15) is 0 Å². The summed E-state index contributed by atoms with van der Waals surface area (Å²) in [5.41, 5.74) is 3.34. The van der Waals surface area contributed by atoms with Crippen LogP contribution in [0.4, 0.5) is 0 Å². The molecule has 4 heteroatoms. The monoisotopic (exact) mass is 386 g/mol. The quantitative estimate of drug-likeness (QED) is 0.589. The van der Waals surface area contributed by atoms with Crippen LogP contribution in [0.5, 0.6) is 0 Å². The molecule has 29 heavy (non-hydrogen) atoms. The lowest BCUT2D eigenvalue weighted by atomic mass is 9.88. The zero-order chi connectivity index (χ0) is 20.3. The van der Waals surface area contributed by atoms with E-state index in [9.17, 15) is 9.59 Å². The SMILES string of the molecule is O=C(CNC(=O)CC(c1ccccc1)c1ccccc1)NCCc1ccccc1. The van der Waals surface area contributed by atoms with E-state index in [1.165, 1.54) is 5.56 Å². The van der Waals surface area contributed by atoms with Gasteiger partial charge in [0.15, 0.2) is 0 Å². The summed E-state index contributed by atoms with van der Waals surface area (Å²) < 4.78 is 0. The summed E-state index contributed by atoms with van der Waals surface area (Å²) in [6, 6.07) is 29.9. The molecule has 0 unspecified atom stereocenters. The number of carbonyl (C=O) groups excluding carboxylic acids is 2. The van der Waals surface area contributed by atoms with Crippen LogP contribution in [0, 0.1) is 0 Å². The highest BCUT2D eigenvalue weighted by Gasteiger charge is 2.18. The van der Waals surface area contributed by atoms with Crippen molar-refractivity contribution >= 4 is 11.8 Å². The van der Waals surface area contributed by atoms with E-state index >= 15 is 0 Å². The largest absolute Gasteiger partial charge is 0.354 e. The van der Waals surface area contributed by atoms with Gasteiger partial charge in [-0.05, 0) is 23.1 Å². The first-order chi connectivity index (χ1) is 14.2. The topological polar surface area (TPSA) is 58.2 Å². The second-order valence-electron chi connectivity index (χ2n) is 6.94. The lowest BCUT2D eigenvalue weighted by Gasteiger charge is -2.18. The molecule has 3 rings (SSSR count). The van der Waals surface area contributed by atoms with E-state index in [1.54, 1.807) is 0 Å². The second kappa shape index (κ2) is 10.8. The Morgan fingerprint density at radius 1 is 0.655 bits per heavy atom. The Morgan fingerprint density at radius 3 is 1.72 bits per heavy atom. The van der Waals surface area contributed by atoms with Crippen molar-refractivity contribution in [3.63, 3.8) is 0 Å². The molecule has 3 aromatic rings. The molecule has 0 saturated carbocycles. The third kappa shape index (κ3) is 6.61.